The number of carbonyl (C=O) groups excluding carboxylic acids is 4. The Kier molecular flexibility index (Phi) is 6.78. The minimum atomic E-state index is -1.31. The van der Waals surface area contributed by atoms with Gasteiger partial charge in [0, 0.05) is 12.5 Å². The number of hydrogen-bond acceptors (Lipinski definition) is 9. The fourth-order valence-electron chi connectivity index (χ4n) is 4.29. The van der Waals surface area contributed by atoms with Crippen molar-refractivity contribution in [2.24, 2.45) is 11.8 Å². The first kappa shape index (κ1) is 24.0. The van der Waals surface area contributed by atoms with E-state index in [-0.39, 0.29) is 11.1 Å². The first-order valence-corrected chi connectivity index (χ1v) is 10.8. The van der Waals surface area contributed by atoms with E-state index >= 15 is 0 Å². The highest BCUT2D eigenvalue weighted by Gasteiger charge is 2.64. The van der Waals surface area contributed by atoms with Crippen molar-refractivity contribution in [1.82, 2.24) is 0 Å². The maximum absolute atomic E-state index is 12.8. The fraction of sp³-hybridized carbons (Fsp3) is 0.652. The smallest absolute Gasteiger partial charge is 0.337 e. The molecule has 176 valence electrons. The summed E-state index contributed by atoms with van der Waals surface area (Å²) in [4.78, 5) is 50.0. The highest BCUT2D eigenvalue weighted by molar-refractivity contribution is 5.92. The summed E-state index contributed by atoms with van der Waals surface area (Å²) in [6.07, 6.45) is -0.720. The standard InChI is InChI=1S/C23H30O9/c1-7-11(2)20(25)30-17-15-12(3)21(26)31-18(15)19-23(5,32-19)10-8-9-14(22(27)28-6)16(17)29-13(4)24/h9,11,15-19H,3,7-8,10H2,1-2,4-6H3/b14-9+/t11-,15-,16+,17+,18+,19+,23-/m1/s1. The van der Waals surface area contributed by atoms with Crippen LogP contribution in [0.3, 0.4) is 0 Å². The van der Waals surface area contributed by atoms with E-state index in [1.807, 2.05) is 13.8 Å². The van der Waals surface area contributed by atoms with Gasteiger partial charge < -0.3 is 23.7 Å². The number of hydrogen-bond donors (Lipinski definition) is 0. The van der Waals surface area contributed by atoms with Gasteiger partial charge in [-0.2, -0.15) is 0 Å². The maximum atomic E-state index is 12.8. The van der Waals surface area contributed by atoms with E-state index in [4.69, 9.17) is 23.7 Å². The summed E-state index contributed by atoms with van der Waals surface area (Å²) in [7, 11) is 1.21. The van der Waals surface area contributed by atoms with Gasteiger partial charge >= 0.3 is 23.9 Å². The molecule has 0 saturated carbocycles. The largest absolute Gasteiger partial charge is 0.466 e. The number of esters is 4. The molecule has 0 amide bonds. The zero-order valence-corrected chi connectivity index (χ0v) is 19.0. The van der Waals surface area contributed by atoms with E-state index in [1.165, 1.54) is 14.0 Å². The molecule has 9 heteroatoms. The Morgan fingerprint density at radius 3 is 2.59 bits per heavy atom. The third-order valence-electron chi connectivity index (χ3n) is 6.45. The van der Waals surface area contributed by atoms with E-state index in [0.29, 0.717) is 19.3 Å². The van der Waals surface area contributed by atoms with Crippen molar-refractivity contribution in [3.63, 3.8) is 0 Å². The van der Waals surface area contributed by atoms with Crippen LogP contribution in [0, 0.1) is 11.8 Å². The van der Waals surface area contributed by atoms with Gasteiger partial charge in [-0.25, -0.2) is 9.59 Å². The van der Waals surface area contributed by atoms with E-state index in [1.54, 1.807) is 13.0 Å². The monoisotopic (exact) mass is 450 g/mol. The van der Waals surface area contributed by atoms with Crippen molar-refractivity contribution in [3.05, 3.63) is 23.8 Å². The number of epoxide rings is 1. The van der Waals surface area contributed by atoms with Crippen LogP contribution in [-0.4, -0.2) is 61.0 Å². The number of ether oxygens (including phenoxy) is 5. The highest BCUT2D eigenvalue weighted by Crippen LogP contribution is 2.50. The molecule has 3 aliphatic rings. The summed E-state index contributed by atoms with van der Waals surface area (Å²) < 4.78 is 27.7. The molecule has 0 N–H and O–H groups in total. The third kappa shape index (κ3) is 4.44. The summed E-state index contributed by atoms with van der Waals surface area (Å²) in [6, 6.07) is 0. The summed E-state index contributed by atoms with van der Waals surface area (Å²) in [5.41, 5.74) is -0.486. The normalized spacial score (nSPS) is 36.4. The fourth-order valence-corrected chi connectivity index (χ4v) is 4.29. The van der Waals surface area contributed by atoms with Crippen LogP contribution in [0.2, 0.25) is 0 Å². The van der Waals surface area contributed by atoms with Crippen molar-refractivity contribution in [2.75, 3.05) is 7.11 Å². The number of rotatable bonds is 5. The van der Waals surface area contributed by atoms with Crippen LogP contribution in [0.25, 0.3) is 0 Å². The molecule has 0 bridgehead atoms. The lowest BCUT2D eigenvalue weighted by Crippen LogP contribution is -2.48. The highest BCUT2D eigenvalue weighted by atomic mass is 16.7. The second-order valence-corrected chi connectivity index (χ2v) is 8.70. The number of allylic oxidation sites excluding steroid dienone is 1. The molecule has 32 heavy (non-hydrogen) atoms. The minimum absolute atomic E-state index is 0.0262. The van der Waals surface area contributed by atoms with Crippen LogP contribution in [0.4, 0.5) is 0 Å². The topological polar surface area (TPSA) is 118 Å². The van der Waals surface area contributed by atoms with Gasteiger partial charge in [0.05, 0.1) is 30.1 Å². The van der Waals surface area contributed by atoms with Crippen molar-refractivity contribution in [2.45, 2.75) is 77.0 Å². The van der Waals surface area contributed by atoms with Gasteiger partial charge in [-0.1, -0.05) is 26.5 Å². The molecule has 2 saturated heterocycles. The minimum Gasteiger partial charge on any atom is -0.466 e. The first-order chi connectivity index (χ1) is 15.0. The van der Waals surface area contributed by atoms with Crippen LogP contribution >= 0.6 is 0 Å². The van der Waals surface area contributed by atoms with Crippen molar-refractivity contribution < 1.29 is 42.9 Å². The summed E-state index contributed by atoms with van der Waals surface area (Å²) in [5, 5.41) is 0. The van der Waals surface area contributed by atoms with Gasteiger partial charge in [-0.3, -0.25) is 9.59 Å². The quantitative estimate of drug-likeness (QED) is 0.268. The average Bonchev–Trinajstić information content (AvgIpc) is 3.33. The lowest BCUT2D eigenvalue weighted by atomic mass is 9.80. The Labute approximate surface area is 187 Å². The Hall–Kier alpha value is -2.68. The molecule has 0 aromatic carbocycles. The Morgan fingerprint density at radius 1 is 1.31 bits per heavy atom. The van der Waals surface area contributed by atoms with Crippen LogP contribution in [-0.2, 0) is 42.9 Å². The molecular formula is C23H30O9. The van der Waals surface area contributed by atoms with Crippen LogP contribution < -0.4 is 0 Å². The zero-order chi connectivity index (χ0) is 23.8. The molecule has 2 aliphatic heterocycles. The predicted molar refractivity (Wildman–Crippen MR) is 110 cm³/mol. The van der Waals surface area contributed by atoms with Crippen LogP contribution in [0.15, 0.2) is 23.8 Å². The van der Waals surface area contributed by atoms with Crippen molar-refractivity contribution in [1.29, 1.82) is 0 Å². The van der Waals surface area contributed by atoms with Crippen molar-refractivity contribution >= 4 is 23.9 Å². The maximum Gasteiger partial charge on any atom is 0.337 e. The molecule has 0 spiro atoms. The number of fused-ring (bicyclic) bond motifs is 3. The van der Waals surface area contributed by atoms with Gasteiger partial charge in [0.15, 0.2) is 12.2 Å². The molecule has 3 rings (SSSR count). The Morgan fingerprint density at radius 2 is 2.00 bits per heavy atom. The number of carbonyl (C=O) groups is 4. The van der Waals surface area contributed by atoms with E-state index in [0.717, 1.165) is 0 Å². The van der Waals surface area contributed by atoms with Crippen LogP contribution in [0.1, 0.15) is 47.0 Å². The van der Waals surface area contributed by atoms with Gasteiger partial charge in [0.2, 0.25) is 0 Å². The van der Waals surface area contributed by atoms with Crippen LogP contribution in [0.5, 0.6) is 0 Å². The van der Waals surface area contributed by atoms with Crippen molar-refractivity contribution in [3.8, 4) is 0 Å². The lowest BCUT2D eigenvalue weighted by molar-refractivity contribution is -0.174. The van der Waals surface area contributed by atoms with Gasteiger partial charge in [0.1, 0.15) is 12.2 Å². The Bertz CT molecular complexity index is 860. The summed E-state index contributed by atoms with van der Waals surface area (Å²) in [5.74, 6) is -3.95. The molecular weight excluding hydrogens is 420 g/mol. The van der Waals surface area contributed by atoms with E-state index < -0.39 is 65.7 Å². The average molecular weight is 450 g/mol. The molecule has 0 unspecified atom stereocenters. The molecule has 2 heterocycles. The van der Waals surface area contributed by atoms with Gasteiger partial charge in [0.25, 0.3) is 0 Å². The predicted octanol–water partition coefficient (Wildman–Crippen LogP) is 2.02. The first-order valence-electron chi connectivity index (χ1n) is 10.8. The van der Waals surface area contributed by atoms with Gasteiger partial charge in [-0.05, 0) is 26.2 Å². The molecule has 9 nitrogen and oxygen atoms in total. The summed E-state index contributed by atoms with van der Waals surface area (Å²) in [6.45, 7) is 10.5. The third-order valence-corrected chi connectivity index (χ3v) is 6.45. The molecule has 0 aromatic rings. The number of methoxy groups -OCH3 is 1. The molecule has 2 fully saturated rings. The SMILES string of the molecule is C=C1C(=O)O[C@H]2[C@H]1[C@H](OC(=O)[C@H](C)CC)[C@@H](OC(C)=O)/C(C(=O)OC)=C\CC[C@@]1(C)O[C@@H]21. The molecule has 1 aliphatic carbocycles. The second kappa shape index (κ2) is 9.05. The summed E-state index contributed by atoms with van der Waals surface area (Å²) >= 11 is 0. The molecule has 0 radical (unpaired) electrons. The Balaban J connectivity index is 2.15. The molecule has 0 aromatic heterocycles. The van der Waals surface area contributed by atoms with E-state index in [2.05, 4.69) is 6.58 Å². The second-order valence-electron chi connectivity index (χ2n) is 8.70. The van der Waals surface area contributed by atoms with E-state index in [9.17, 15) is 19.2 Å². The molecule has 7 atom stereocenters. The zero-order valence-electron chi connectivity index (χ0n) is 19.0. The lowest BCUT2D eigenvalue weighted by Gasteiger charge is -2.34. The van der Waals surface area contributed by atoms with Gasteiger partial charge in [-0.15, -0.1) is 0 Å².